The number of anilines is 2. The van der Waals surface area contributed by atoms with E-state index in [1.54, 1.807) is 0 Å². The maximum Gasteiger partial charge on any atom is 0.150 e. The van der Waals surface area contributed by atoms with Crippen LogP contribution in [-0.4, -0.2) is 12.8 Å². The molecule has 0 unspecified atom stereocenters. The van der Waals surface area contributed by atoms with Gasteiger partial charge in [0.05, 0.1) is 0 Å². The number of nitrogens with zero attached hydrogens (tertiary/aromatic N) is 1. The molecule has 92 valence electrons. The summed E-state index contributed by atoms with van der Waals surface area (Å²) in [7, 11) is 0. The summed E-state index contributed by atoms with van der Waals surface area (Å²) in [5.74, 6) is 0. The van der Waals surface area contributed by atoms with E-state index in [4.69, 9.17) is 0 Å². The highest BCUT2D eigenvalue weighted by Gasteiger charge is 2.09. The number of carbonyl (C=O) groups is 1. The fraction of sp³-hybridized carbons (Fsp3) is 0.188. The van der Waals surface area contributed by atoms with Crippen molar-refractivity contribution in [2.24, 2.45) is 0 Å². The van der Waals surface area contributed by atoms with Crippen molar-refractivity contribution < 1.29 is 4.79 Å². The second-order valence-corrected chi connectivity index (χ2v) is 4.24. The lowest BCUT2D eigenvalue weighted by Crippen LogP contribution is -2.17. The standard InChI is InChI=1S/C16H17NO/c1-3-17(15-7-5-4-6-8-15)16-10-9-14(12-18)11-13(16)2/h4-12H,3H2,1-2H3. The molecule has 0 fully saturated rings. The van der Waals surface area contributed by atoms with Crippen LogP contribution in [-0.2, 0) is 0 Å². The molecule has 2 aromatic carbocycles. The van der Waals surface area contributed by atoms with Crippen LogP contribution in [0.25, 0.3) is 0 Å². The van der Waals surface area contributed by atoms with E-state index >= 15 is 0 Å². The molecule has 18 heavy (non-hydrogen) atoms. The van der Waals surface area contributed by atoms with E-state index in [2.05, 4.69) is 24.0 Å². The van der Waals surface area contributed by atoms with Gasteiger partial charge in [0.1, 0.15) is 6.29 Å². The van der Waals surface area contributed by atoms with Crippen molar-refractivity contribution in [1.82, 2.24) is 0 Å². The summed E-state index contributed by atoms with van der Waals surface area (Å²) in [6.07, 6.45) is 0.885. The highest BCUT2D eigenvalue weighted by Crippen LogP contribution is 2.28. The number of carbonyl (C=O) groups excluding carboxylic acids is 1. The van der Waals surface area contributed by atoms with Crippen LogP contribution in [0.1, 0.15) is 22.8 Å². The van der Waals surface area contributed by atoms with E-state index in [0.29, 0.717) is 0 Å². The number of hydrogen-bond donors (Lipinski definition) is 0. The molecular formula is C16H17NO. The molecule has 0 saturated heterocycles. The van der Waals surface area contributed by atoms with Crippen LogP contribution in [0.5, 0.6) is 0 Å². The molecule has 0 aliphatic heterocycles. The minimum Gasteiger partial charge on any atom is -0.342 e. The van der Waals surface area contributed by atoms with Crippen molar-refractivity contribution in [1.29, 1.82) is 0 Å². The highest BCUT2D eigenvalue weighted by molar-refractivity contribution is 5.78. The Morgan fingerprint density at radius 2 is 1.83 bits per heavy atom. The molecule has 0 atom stereocenters. The van der Waals surface area contributed by atoms with Crippen LogP contribution in [0.2, 0.25) is 0 Å². The first-order valence-electron chi connectivity index (χ1n) is 6.14. The van der Waals surface area contributed by atoms with Crippen LogP contribution in [0.3, 0.4) is 0 Å². The molecule has 0 amide bonds. The van der Waals surface area contributed by atoms with Gasteiger partial charge in [0.2, 0.25) is 0 Å². The zero-order valence-corrected chi connectivity index (χ0v) is 10.8. The lowest BCUT2D eigenvalue weighted by Gasteiger charge is -2.25. The van der Waals surface area contributed by atoms with Crippen LogP contribution >= 0.6 is 0 Å². The summed E-state index contributed by atoms with van der Waals surface area (Å²) in [5, 5.41) is 0. The fourth-order valence-electron chi connectivity index (χ4n) is 2.15. The Morgan fingerprint density at radius 3 is 2.39 bits per heavy atom. The largest absolute Gasteiger partial charge is 0.342 e. The number of hydrogen-bond acceptors (Lipinski definition) is 2. The van der Waals surface area contributed by atoms with Gasteiger partial charge in [-0.3, -0.25) is 4.79 Å². The molecular weight excluding hydrogens is 222 g/mol. The Hall–Kier alpha value is -2.09. The van der Waals surface area contributed by atoms with Crippen molar-refractivity contribution in [3.05, 3.63) is 59.7 Å². The average Bonchev–Trinajstić information content (AvgIpc) is 2.42. The summed E-state index contributed by atoms with van der Waals surface area (Å²) in [6, 6.07) is 16.1. The molecule has 2 aromatic rings. The first-order valence-corrected chi connectivity index (χ1v) is 6.14. The van der Waals surface area contributed by atoms with Crippen molar-refractivity contribution in [3.63, 3.8) is 0 Å². The quantitative estimate of drug-likeness (QED) is 0.752. The van der Waals surface area contributed by atoms with Crippen molar-refractivity contribution >= 4 is 17.7 Å². The smallest absolute Gasteiger partial charge is 0.150 e. The van der Waals surface area contributed by atoms with Crippen LogP contribution < -0.4 is 4.90 Å². The maximum absolute atomic E-state index is 10.8. The molecule has 2 heteroatoms. The molecule has 0 aliphatic carbocycles. The monoisotopic (exact) mass is 239 g/mol. The van der Waals surface area contributed by atoms with Crippen molar-refractivity contribution in [2.75, 3.05) is 11.4 Å². The summed E-state index contributed by atoms with van der Waals surface area (Å²) < 4.78 is 0. The minimum absolute atomic E-state index is 0.723. The lowest BCUT2D eigenvalue weighted by molar-refractivity contribution is 0.112. The molecule has 0 aromatic heterocycles. The van der Waals surface area contributed by atoms with Gasteiger partial charge in [-0.25, -0.2) is 0 Å². The Kier molecular flexibility index (Phi) is 3.78. The van der Waals surface area contributed by atoms with Gasteiger partial charge >= 0.3 is 0 Å². The molecule has 0 radical (unpaired) electrons. The van der Waals surface area contributed by atoms with Crippen LogP contribution in [0, 0.1) is 6.92 Å². The second kappa shape index (κ2) is 5.50. The van der Waals surface area contributed by atoms with Gasteiger partial charge in [0.25, 0.3) is 0 Å². The zero-order valence-electron chi connectivity index (χ0n) is 10.8. The van der Waals surface area contributed by atoms with E-state index in [1.807, 2.05) is 43.3 Å². The second-order valence-electron chi connectivity index (χ2n) is 4.24. The van der Waals surface area contributed by atoms with Crippen molar-refractivity contribution in [3.8, 4) is 0 Å². The summed E-state index contributed by atoms with van der Waals surface area (Å²) in [6.45, 7) is 5.05. The van der Waals surface area contributed by atoms with Gasteiger partial charge in [0, 0.05) is 23.5 Å². The van der Waals surface area contributed by atoms with Crippen LogP contribution in [0.15, 0.2) is 48.5 Å². The molecule has 0 N–H and O–H groups in total. The molecule has 2 nitrogen and oxygen atoms in total. The molecule has 0 aliphatic rings. The van der Waals surface area contributed by atoms with E-state index in [1.165, 1.54) is 5.69 Å². The number of rotatable bonds is 4. The minimum atomic E-state index is 0.723. The Balaban J connectivity index is 2.42. The summed E-state index contributed by atoms with van der Waals surface area (Å²) >= 11 is 0. The SMILES string of the molecule is CCN(c1ccccc1)c1ccc(C=O)cc1C. The summed E-state index contributed by atoms with van der Waals surface area (Å²) in [4.78, 5) is 13.0. The third kappa shape index (κ3) is 2.43. The van der Waals surface area contributed by atoms with E-state index in [-0.39, 0.29) is 0 Å². The molecule has 0 spiro atoms. The van der Waals surface area contributed by atoms with Gasteiger partial charge in [-0.1, -0.05) is 18.2 Å². The first-order chi connectivity index (χ1) is 8.76. The molecule has 2 rings (SSSR count). The number of benzene rings is 2. The van der Waals surface area contributed by atoms with Gasteiger partial charge in [0.15, 0.2) is 0 Å². The fourth-order valence-corrected chi connectivity index (χ4v) is 2.15. The topological polar surface area (TPSA) is 20.3 Å². The van der Waals surface area contributed by atoms with Gasteiger partial charge in [-0.2, -0.15) is 0 Å². The molecule has 0 saturated carbocycles. The first kappa shape index (κ1) is 12.4. The van der Waals surface area contributed by atoms with Gasteiger partial charge < -0.3 is 4.90 Å². The predicted octanol–water partition coefficient (Wildman–Crippen LogP) is 3.97. The van der Waals surface area contributed by atoms with E-state index in [9.17, 15) is 4.79 Å². The third-order valence-electron chi connectivity index (χ3n) is 3.03. The zero-order chi connectivity index (χ0) is 13.0. The number of aryl methyl sites for hydroxylation is 1. The predicted molar refractivity (Wildman–Crippen MR) is 75.7 cm³/mol. The third-order valence-corrected chi connectivity index (χ3v) is 3.03. The highest BCUT2D eigenvalue weighted by atomic mass is 16.1. The van der Waals surface area contributed by atoms with E-state index < -0.39 is 0 Å². The van der Waals surface area contributed by atoms with Crippen LogP contribution in [0.4, 0.5) is 11.4 Å². The lowest BCUT2D eigenvalue weighted by atomic mass is 10.1. The summed E-state index contributed by atoms with van der Waals surface area (Å²) in [5.41, 5.74) is 4.15. The van der Waals surface area contributed by atoms with Gasteiger partial charge in [-0.05, 0) is 49.7 Å². The number of para-hydroxylation sites is 1. The molecule has 0 heterocycles. The Morgan fingerprint density at radius 1 is 1.11 bits per heavy atom. The van der Waals surface area contributed by atoms with Crippen molar-refractivity contribution in [2.45, 2.75) is 13.8 Å². The van der Waals surface area contributed by atoms with Gasteiger partial charge in [-0.15, -0.1) is 0 Å². The Labute approximate surface area is 108 Å². The van der Waals surface area contributed by atoms with E-state index in [0.717, 1.165) is 29.6 Å². The average molecular weight is 239 g/mol. The Bertz CT molecular complexity index is 534. The maximum atomic E-state index is 10.8. The normalized spacial score (nSPS) is 10.1. The molecule has 0 bridgehead atoms. The number of aldehydes is 1.